The van der Waals surface area contributed by atoms with Crippen molar-refractivity contribution in [3.05, 3.63) is 0 Å². The van der Waals surface area contributed by atoms with E-state index in [0.717, 1.165) is 13.0 Å². The molecule has 4 nitrogen and oxygen atoms in total. The van der Waals surface area contributed by atoms with Crippen LogP contribution in [0.3, 0.4) is 0 Å². The molecular weight excluding hydrogens is 244 g/mol. The van der Waals surface area contributed by atoms with Crippen molar-refractivity contribution in [2.45, 2.75) is 84.6 Å². The predicted octanol–water partition coefficient (Wildman–Crippen LogP) is 2.79. The Balaban J connectivity index is 2.63. The second-order valence-electron chi connectivity index (χ2n) is 5.75. The van der Waals surface area contributed by atoms with Crippen molar-refractivity contribution >= 4 is 0 Å². The van der Waals surface area contributed by atoms with Gasteiger partial charge >= 0.3 is 0 Å². The van der Waals surface area contributed by atoms with E-state index >= 15 is 0 Å². The summed E-state index contributed by atoms with van der Waals surface area (Å²) in [6.45, 7) is 13.6. The molecule has 1 fully saturated rings. The monoisotopic (exact) mass is 274 g/mol. The molecule has 0 unspecified atom stereocenters. The van der Waals surface area contributed by atoms with Gasteiger partial charge in [-0.05, 0) is 41.0 Å². The minimum Gasteiger partial charge on any atom is -0.376 e. The van der Waals surface area contributed by atoms with Crippen LogP contribution in [-0.2, 0) is 18.9 Å². The summed E-state index contributed by atoms with van der Waals surface area (Å²) in [5, 5.41) is 0. The molecule has 0 bridgehead atoms. The number of rotatable bonds is 8. The van der Waals surface area contributed by atoms with Crippen LogP contribution in [0.25, 0.3) is 0 Å². The van der Waals surface area contributed by atoms with E-state index in [9.17, 15) is 0 Å². The first-order valence-electron chi connectivity index (χ1n) is 7.49. The fourth-order valence-corrected chi connectivity index (χ4v) is 2.29. The lowest BCUT2D eigenvalue weighted by Gasteiger charge is -2.26. The van der Waals surface area contributed by atoms with Crippen LogP contribution in [0.2, 0.25) is 0 Å². The molecule has 0 amide bonds. The van der Waals surface area contributed by atoms with Crippen LogP contribution >= 0.6 is 0 Å². The third-order valence-corrected chi connectivity index (χ3v) is 3.08. The van der Waals surface area contributed by atoms with Crippen LogP contribution < -0.4 is 0 Å². The minimum absolute atomic E-state index is 0.00288. The molecule has 0 radical (unpaired) electrons. The van der Waals surface area contributed by atoms with Gasteiger partial charge < -0.3 is 18.9 Å². The molecule has 1 rings (SSSR count). The maximum absolute atomic E-state index is 6.01. The minimum atomic E-state index is -0.0414. The average molecular weight is 274 g/mol. The van der Waals surface area contributed by atoms with E-state index in [0.29, 0.717) is 6.61 Å². The Morgan fingerprint density at radius 3 is 2.26 bits per heavy atom. The van der Waals surface area contributed by atoms with Gasteiger partial charge in [-0.25, -0.2) is 0 Å². The molecule has 0 N–H and O–H groups in total. The van der Waals surface area contributed by atoms with Crippen molar-refractivity contribution in [3.63, 3.8) is 0 Å². The van der Waals surface area contributed by atoms with Crippen LogP contribution in [0, 0.1) is 0 Å². The van der Waals surface area contributed by atoms with Gasteiger partial charge in [-0.3, -0.25) is 0 Å². The standard InChI is InChI=1S/C15H30O4/c1-7-8-16-14-12(6)19-13(9-17-10(2)3)15(14)18-11(4)5/h10-15H,7-9H2,1-6H3/t12-,13+,14-,15+/m0/s1. The van der Waals surface area contributed by atoms with Gasteiger partial charge in [-0.15, -0.1) is 0 Å². The van der Waals surface area contributed by atoms with Gasteiger partial charge in [-0.1, -0.05) is 6.92 Å². The molecule has 0 spiro atoms. The fourth-order valence-electron chi connectivity index (χ4n) is 2.29. The zero-order chi connectivity index (χ0) is 14.4. The Morgan fingerprint density at radius 2 is 1.74 bits per heavy atom. The van der Waals surface area contributed by atoms with Gasteiger partial charge in [0.1, 0.15) is 18.3 Å². The lowest BCUT2D eigenvalue weighted by Crippen LogP contribution is -2.40. The fraction of sp³-hybridized carbons (Fsp3) is 1.00. The highest BCUT2D eigenvalue weighted by molar-refractivity contribution is 4.91. The van der Waals surface area contributed by atoms with Crippen LogP contribution in [0.4, 0.5) is 0 Å². The van der Waals surface area contributed by atoms with Gasteiger partial charge in [0, 0.05) is 6.61 Å². The molecule has 1 aliphatic heterocycles. The zero-order valence-corrected chi connectivity index (χ0v) is 13.2. The Kier molecular flexibility index (Phi) is 7.29. The summed E-state index contributed by atoms with van der Waals surface area (Å²) in [4.78, 5) is 0. The smallest absolute Gasteiger partial charge is 0.115 e. The van der Waals surface area contributed by atoms with Gasteiger partial charge in [0.25, 0.3) is 0 Å². The highest BCUT2D eigenvalue weighted by atomic mass is 16.6. The summed E-state index contributed by atoms with van der Waals surface area (Å²) in [6.07, 6.45) is 1.34. The highest BCUT2D eigenvalue weighted by Crippen LogP contribution is 2.28. The zero-order valence-electron chi connectivity index (χ0n) is 13.2. The van der Waals surface area contributed by atoms with E-state index in [4.69, 9.17) is 18.9 Å². The predicted molar refractivity (Wildman–Crippen MR) is 75.5 cm³/mol. The molecule has 114 valence electrons. The van der Waals surface area contributed by atoms with Crippen molar-refractivity contribution in [3.8, 4) is 0 Å². The number of hydrogen-bond acceptors (Lipinski definition) is 4. The lowest BCUT2D eigenvalue weighted by atomic mass is 10.1. The summed E-state index contributed by atoms with van der Waals surface area (Å²) in [7, 11) is 0. The van der Waals surface area contributed by atoms with E-state index < -0.39 is 0 Å². The molecule has 0 aliphatic carbocycles. The third-order valence-electron chi connectivity index (χ3n) is 3.08. The quantitative estimate of drug-likeness (QED) is 0.682. The molecule has 1 saturated heterocycles. The maximum atomic E-state index is 6.01. The highest BCUT2D eigenvalue weighted by Gasteiger charge is 2.44. The van der Waals surface area contributed by atoms with Gasteiger partial charge in [0.2, 0.25) is 0 Å². The first kappa shape index (κ1) is 16.9. The third kappa shape index (κ3) is 5.38. The molecule has 0 aromatic heterocycles. The Morgan fingerprint density at radius 1 is 1.05 bits per heavy atom. The molecule has 0 aromatic rings. The first-order valence-corrected chi connectivity index (χ1v) is 7.49. The SMILES string of the molecule is CCCO[C@@H]1[C@H](OC(C)C)[C@@H](COC(C)C)O[C@H]1C. The van der Waals surface area contributed by atoms with Crippen molar-refractivity contribution < 1.29 is 18.9 Å². The lowest BCUT2D eigenvalue weighted by molar-refractivity contribution is -0.103. The van der Waals surface area contributed by atoms with E-state index in [2.05, 4.69) is 6.92 Å². The molecule has 4 atom stereocenters. The molecule has 0 saturated carbocycles. The van der Waals surface area contributed by atoms with E-state index in [-0.39, 0.29) is 36.6 Å². The molecular formula is C15H30O4. The van der Waals surface area contributed by atoms with E-state index in [1.165, 1.54) is 0 Å². The van der Waals surface area contributed by atoms with Crippen LogP contribution in [-0.4, -0.2) is 49.8 Å². The molecule has 1 heterocycles. The van der Waals surface area contributed by atoms with Gasteiger partial charge in [-0.2, -0.15) is 0 Å². The summed E-state index contributed by atoms with van der Waals surface area (Å²) >= 11 is 0. The normalized spacial score (nSPS) is 31.6. The second-order valence-corrected chi connectivity index (χ2v) is 5.75. The Hall–Kier alpha value is -0.160. The summed E-state index contributed by atoms with van der Waals surface area (Å²) < 4.78 is 23.6. The first-order chi connectivity index (χ1) is 8.95. The molecule has 4 heteroatoms. The van der Waals surface area contributed by atoms with Gasteiger partial charge in [0.05, 0.1) is 24.9 Å². The molecule has 1 aliphatic rings. The van der Waals surface area contributed by atoms with Crippen LogP contribution in [0.15, 0.2) is 0 Å². The van der Waals surface area contributed by atoms with Crippen molar-refractivity contribution in [2.75, 3.05) is 13.2 Å². The van der Waals surface area contributed by atoms with Crippen LogP contribution in [0.1, 0.15) is 48.0 Å². The summed E-state index contributed by atoms with van der Waals surface area (Å²) in [5.74, 6) is 0. The Labute approximate surface area is 117 Å². The second kappa shape index (κ2) is 8.20. The summed E-state index contributed by atoms with van der Waals surface area (Å²) in [5.41, 5.74) is 0. The molecule has 0 aromatic carbocycles. The number of ether oxygens (including phenoxy) is 4. The van der Waals surface area contributed by atoms with E-state index in [1.54, 1.807) is 0 Å². The topological polar surface area (TPSA) is 36.9 Å². The number of hydrogen-bond donors (Lipinski definition) is 0. The van der Waals surface area contributed by atoms with Crippen molar-refractivity contribution in [1.29, 1.82) is 0 Å². The maximum Gasteiger partial charge on any atom is 0.115 e. The van der Waals surface area contributed by atoms with Gasteiger partial charge in [0.15, 0.2) is 0 Å². The van der Waals surface area contributed by atoms with Crippen LogP contribution in [0.5, 0.6) is 0 Å². The average Bonchev–Trinajstić information content (AvgIpc) is 2.60. The molecule has 19 heavy (non-hydrogen) atoms. The van der Waals surface area contributed by atoms with Crippen molar-refractivity contribution in [2.24, 2.45) is 0 Å². The Bertz CT molecular complexity index is 242. The largest absolute Gasteiger partial charge is 0.376 e. The van der Waals surface area contributed by atoms with E-state index in [1.807, 2.05) is 34.6 Å². The van der Waals surface area contributed by atoms with Crippen molar-refractivity contribution in [1.82, 2.24) is 0 Å². The summed E-state index contributed by atoms with van der Waals surface area (Å²) in [6, 6.07) is 0.